The Morgan fingerprint density at radius 2 is 1.86 bits per heavy atom. The van der Waals surface area contributed by atoms with Crippen LogP contribution < -0.4 is 0 Å². The van der Waals surface area contributed by atoms with E-state index in [0.29, 0.717) is 11.8 Å². The van der Waals surface area contributed by atoms with Gasteiger partial charge in [0.15, 0.2) is 13.7 Å². The topological polar surface area (TPSA) is 56.6 Å². The van der Waals surface area contributed by atoms with Gasteiger partial charge in [0.25, 0.3) is 5.33 Å². The normalized spacial score (nSPS) is 16.3. The molecule has 0 rings (SSSR count). The van der Waals surface area contributed by atoms with Crippen LogP contribution in [-0.2, 0) is 0 Å². The van der Waals surface area contributed by atoms with Gasteiger partial charge in [-0.3, -0.25) is 0 Å². The van der Waals surface area contributed by atoms with Crippen LogP contribution in [0.25, 0.3) is 5.53 Å². The summed E-state index contributed by atoms with van der Waals surface area (Å²) >= 11 is 0. The maximum absolute atomic E-state index is 10.4. The van der Waals surface area contributed by atoms with Crippen LogP contribution in [0.15, 0.2) is 0 Å². The number of aliphatic hydroxyl groups is 1. The minimum Gasteiger partial charge on any atom is -0.378 e. The van der Waals surface area contributed by atoms with Crippen molar-refractivity contribution in [2.45, 2.75) is 52.4 Å². The second-order valence-corrected chi connectivity index (χ2v) is 10.1. The van der Waals surface area contributed by atoms with E-state index < -0.39 is 13.7 Å². The summed E-state index contributed by atoms with van der Waals surface area (Å²) in [6.07, 6.45) is 0.592. The van der Waals surface area contributed by atoms with Gasteiger partial charge in [-0.05, 0) is 12.3 Å². The van der Waals surface area contributed by atoms with E-state index in [1.165, 1.54) is 0 Å². The number of hydrogen-bond donors (Lipinski definition) is 1. The largest absolute Gasteiger partial charge is 0.378 e. The Morgan fingerprint density at radius 3 is 1.93 bits per heavy atom. The van der Waals surface area contributed by atoms with Gasteiger partial charge in [0.05, 0.1) is 0 Å². The summed E-state index contributed by atoms with van der Waals surface area (Å²) in [6.45, 7) is 12.1. The average molecular weight is 214 g/mol. The van der Waals surface area contributed by atoms with Gasteiger partial charge in [-0.15, -0.1) is 0 Å². The molecule has 0 spiro atoms. The molecule has 1 unspecified atom stereocenters. The van der Waals surface area contributed by atoms with Crippen LogP contribution in [-0.4, -0.2) is 28.9 Å². The van der Waals surface area contributed by atoms with Gasteiger partial charge in [0.1, 0.15) is 0 Å². The van der Waals surface area contributed by atoms with Crippen molar-refractivity contribution in [2.75, 3.05) is 0 Å². The van der Waals surface area contributed by atoms with Crippen LogP contribution in [0.5, 0.6) is 0 Å². The van der Waals surface area contributed by atoms with Crippen molar-refractivity contribution >= 4 is 13.4 Å². The lowest BCUT2D eigenvalue weighted by Crippen LogP contribution is -2.55. The van der Waals surface area contributed by atoms with Crippen molar-refractivity contribution in [3.8, 4) is 0 Å². The molecular formula is C10H22N2OSi. The predicted octanol–water partition coefficient (Wildman–Crippen LogP) is 2.33. The van der Waals surface area contributed by atoms with Crippen LogP contribution >= 0.6 is 0 Å². The molecule has 82 valence electrons. The highest BCUT2D eigenvalue weighted by Gasteiger charge is 2.48. The van der Waals surface area contributed by atoms with Crippen LogP contribution in [0.3, 0.4) is 0 Å². The molecule has 0 fully saturated rings. The summed E-state index contributed by atoms with van der Waals surface area (Å²) in [5, 5.41) is 11.0. The number of rotatable bonds is 4. The fourth-order valence-electron chi connectivity index (χ4n) is 1.74. The van der Waals surface area contributed by atoms with Crippen LogP contribution in [0, 0.1) is 5.92 Å². The SMILES string of the molecule is CCC(O)(C(=[N+]=[N-])[Si](C)(C)C)C(C)C. The van der Waals surface area contributed by atoms with Gasteiger partial charge in [0, 0.05) is 0 Å². The van der Waals surface area contributed by atoms with E-state index in [4.69, 9.17) is 5.53 Å². The third-order valence-electron chi connectivity index (χ3n) is 2.71. The van der Waals surface area contributed by atoms with E-state index in [2.05, 4.69) is 24.4 Å². The summed E-state index contributed by atoms with van der Waals surface area (Å²) in [5.41, 5.74) is 8.09. The average Bonchev–Trinajstić information content (AvgIpc) is 2.02. The van der Waals surface area contributed by atoms with Crippen molar-refractivity contribution < 1.29 is 9.90 Å². The van der Waals surface area contributed by atoms with Crippen molar-refractivity contribution in [3.05, 3.63) is 5.53 Å². The first-order chi connectivity index (χ1) is 6.20. The Hall–Kier alpha value is -0.443. The molecule has 14 heavy (non-hydrogen) atoms. The number of hydrogen-bond acceptors (Lipinski definition) is 1. The Balaban J connectivity index is 5.33. The van der Waals surface area contributed by atoms with E-state index in [-0.39, 0.29) is 5.92 Å². The lowest BCUT2D eigenvalue weighted by molar-refractivity contribution is -0.0469. The van der Waals surface area contributed by atoms with Crippen molar-refractivity contribution in [1.29, 1.82) is 0 Å². The second-order valence-electron chi connectivity index (χ2n) is 5.13. The van der Waals surface area contributed by atoms with Gasteiger partial charge < -0.3 is 10.6 Å². The molecule has 0 saturated heterocycles. The maximum atomic E-state index is 10.4. The highest BCUT2D eigenvalue weighted by Crippen LogP contribution is 2.26. The molecule has 0 bridgehead atoms. The lowest BCUT2D eigenvalue weighted by atomic mass is 9.89. The molecule has 0 saturated carbocycles. The van der Waals surface area contributed by atoms with E-state index in [9.17, 15) is 5.11 Å². The van der Waals surface area contributed by atoms with E-state index in [1.54, 1.807) is 0 Å². The minimum atomic E-state index is -1.76. The Bertz CT molecular complexity index is 251. The van der Waals surface area contributed by atoms with Crippen molar-refractivity contribution in [2.24, 2.45) is 5.92 Å². The van der Waals surface area contributed by atoms with Crippen molar-refractivity contribution in [3.63, 3.8) is 0 Å². The zero-order valence-corrected chi connectivity index (χ0v) is 11.1. The summed E-state index contributed by atoms with van der Waals surface area (Å²) in [7, 11) is -1.76. The van der Waals surface area contributed by atoms with E-state index in [1.807, 2.05) is 20.8 Å². The third-order valence-corrected chi connectivity index (χ3v) is 4.67. The first-order valence-electron chi connectivity index (χ1n) is 5.15. The molecule has 0 aliphatic heterocycles. The van der Waals surface area contributed by atoms with Crippen LogP contribution in [0.1, 0.15) is 27.2 Å². The monoisotopic (exact) mass is 214 g/mol. The number of nitrogens with zero attached hydrogens (tertiary/aromatic N) is 2. The minimum absolute atomic E-state index is 0.0742. The van der Waals surface area contributed by atoms with Crippen LogP contribution in [0.2, 0.25) is 19.6 Å². The Kier molecular flexibility index (Phi) is 4.25. The standard InChI is InChI=1S/C10H22N2OSi/c1-7-10(13,8(2)3)9(12-11)14(4,5)6/h8,13H,7H2,1-6H3. The molecule has 0 aliphatic rings. The van der Waals surface area contributed by atoms with Gasteiger partial charge in [-0.25, -0.2) is 0 Å². The smallest absolute Gasteiger partial charge is 0.267 e. The summed E-state index contributed by atoms with van der Waals surface area (Å²) in [5.74, 6) is 0.0742. The highest BCUT2D eigenvalue weighted by atomic mass is 28.3. The quantitative estimate of drug-likeness (QED) is 0.332. The van der Waals surface area contributed by atoms with Gasteiger partial charge in [-0.1, -0.05) is 40.4 Å². The molecule has 0 heterocycles. The molecule has 0 aromatic heterocycles. The van der Waals surface area contributed by atoms with E-state index in [0.717, 1.165) is 0 Å². The van der Waals surface area contributed by atoms with Gasteiger partial charge in [0.2, 0.25) is 0 Å². The molecule has 0 amide bonds. The lowest BCUT2D eigenvalue weighted by Gasteiger charge is -2.31. The zero-order valence-electron chi connectivity index (χ0n) is 10.1. The predicted molar refractivity (Wildman–Crippen MR) is 62.1 cm³/mol. The molecule has 4 heteroatoms. The summed E-state index contributed by atoms with van der Waals surface area (Å²) in [6, 6.07) is 0. The van der Waals surface area contributed by atoms with Crippen molar-refractivity contribution in [1.82, 2.24) is 0 Å². The summed E-state index contributed by atoms with van der Waals surface area (Å²) < 4.78 is 0. The molecule has 0 aliphatic carbocycles. The molecule has 1 atom stereocenters. The third kappa shape index (κ3) is 2.53. The Labute approximate surface area is 87.8 Å². The molecule has 3 nitrogen and oxygen atoms in total. The molecule has 0 radical (unpaired) electrons. The Morgan fingerprint density at radius 1 is 1.43 bits per heavy atom. The first kappa shape index (κ1) is 13.6. The second kappa shape index (κ2) is 4.38. The molecule has 1 N–H and O–H groups in total. The molecular weight excluding hydrogens is 192 g/mol. The fraction of sp³-hybridized carbons (Fsp3) is 0.900. The molecule has 0 aromatic rings. The highest BCUT2D eigenvalue weighted by molar-refractivity contribution is 7.04. The zero-order chi connectivity index (χ0) is 11.6. The van der Waals surface area contributed by atoms with Crippen LogP contribution in [0.4, 0.5) is 0 Å². The molecule has 0 aromatic carbocycles. The maximum Gasteiger partial charge on any atom is 0.267 e. The van der Waals surface area contributed by atoms with Gasteiger partial charge in [-0.2, -0.15) is 4.79 Å². The summed E-state index contributed by atoms with van der Waals surface area (Å²) in [4.78, 5) is 3.35. The fourth-order valence-corrected chi connectivity index (χ4v) is 3.80. The first-order valence-corrected chi connectivity index (χ1v) is 8.65. The van der Waals surface area contributed by atoms with E-state index >= 15 is 0 Å². The van der Waals surface area contributed by atoms with Gasteiger partial charge >= 0.3 is 0 Å².